The van der Waals surface area contributed by atoms with Crippen molar-refractivity contribution in [2.75, 3.05) is 11.4 Å². The fourth-order valence-corrected chi connectivity index (χ4v) is 2.55. The van der Waals surface area contributed by atoms with E-state index in [0.29, 0.717) is 35.1 Å². The van der Waals surface area contributed by atoms with Gasteiger partial charge in [-0.3, -0.25) is 9.59 Å². The van der Waals surface area contributed by atoms with Crippen LogP contribution in [0.5, 0.6) is 0 Å². The van der Waals surface area contributed by atoms with Crippen LogP contribution in [-0.2, 0) is 9.59 Å². The second-order valence-electron chi connectivity index (χ2n) is 4.23. The lowest BCUT2D eigenvalue weighted by molar-refractivity contribution is -0.117. The number of benzene rings is 1. The van der Waals surface area contributed by atoms with Gasteiger partial charge in [0.1, 0.15) is 5.78 Å². The van der Waals surface area contributed by atoms with Crippen LogP contribution in [0.2, 0.25) is 0 Å². The van der Waals surface area contributed by atoms with Crippen molar-refractivity contribution in [3.05, 3.63) is 28.2 Å². The summed E-state index contributed by atoms with van der Waals surface area (Å²) >= 11 is 3.28. The predicted molar refractivity (Wildman–Crippen MR) is 70.7 cm³/mol. The molecule has 4 nitrogen and oxygen atoms in total. The maximum atomic E-state index is 11.9. The molecule has 94 valence electrons. The molecule has 0 bridgehead atoms. The van der Waals surface area contributed by atoms with Gasteiger partial charge in [-0.2, -0.15) is 0 Å². The zero-order chi connectivity index (χ0) is 13.3. The summed E-state index contributed by atoms with van der Waals surface area (Å²) in [4.78, 5) is 36.0. The summed E-state index contributed by atoms with van der Waals surface area (Å²) < 4.78 is 0.632. The van der Waals surface area contributed by atoms with E-state index in [1.807, 2.05) is 0 Å². The van der Waals surface area contributed by atoms with Crippen molar-refractivity contribution < 1.29 is 14.4 Å². The van der Waals surface area contributed by atoms with Crippen molar-refractivity contribution in [3.63, 3.8) is 0 Å². The van der Waals surface area contributed by atoms with Crippen molar-refractivity contribution in [3.8, 4) is 0 Å². The molecule has 2 rings (SSSR count). The molecule has 1 amide bonds. The van der Waals surface area contributed by atoms with E-state index in [-0.39, 0.29) is 5.78 Å². The third kappa shape index (κ3) is 2.22. The highest BCUT2D eigenvalue weighted by Crippen LogP contribution is 2.34. The smallest absolute Gasteiger partial charge is 0.299 e. The molecule has 0 aliphatic carbocycles. The number of ketones is 2. The van der Waals surface area contributed by atoms with Crippen molar-refractivity contribution in [1.82, 2.24) is 0 Å². The number of fused-ring (bicyclic) bond motifs is 1. The Hall–Kier alpha value is -1.49. The number of hydrogen-bond acceptors (Lipinski definition) is 3. The van der Waals surface area contributed by atoms with Gasteiger partial charge in [0.05, 0.1) is 11.3 Å². The average molecular weight is 310 g/mol. The van der Waals surface area contributed by atoms with Crippen molar-refractivity contribution in [1.29, 1.82) is 0 Å². The molecule has 1 aliphatic heterocycles. The Morgan fingerprint density at radius 1 is 1.33 bits per heavy atom. The number of nitrogens with zero attached hydrogens (tertiary/aromatic N) is 1. The fraction of sp³-hybridized carbons (Fsp3) is 0.308. The van der Waals surface area contributed by atoms with Crippen LogP contribution >= 0.6 is 15.9 Å². The lowest BCUT2D eigenvalue weighted by Crippen LogP contribution is -2.30. The van der Waals surface area contributed by atoms with Crippen LogP contribution < -0.4 is 4.90 Å². The molecule has 1 aromatic carbocycles. The molecular formula is C13H12BrNO3. The summed E-state index contributed by atoms with van der Waals surface area (Å²) in [6.45, 7) is 1.91. The molecule has 18 heavy (non-hydrogen) atoms. The van der Waals surface area contributed by atoms with Crippen molar-refractivity contribution in [2.24, 2.45) is 0 Å². The number of amides is 1. The first-order chi connectivity index (χ1) is 8.52. The summed E-state index contributed by atoms with van der Waals surface area (Å²) in [7, 11) is 0. The maximum Gasteiger partial charge on any atom is 0.299 e. The minimum Gasteiger partial charge on any atom is -0.305 e. The Morgan fingerprint density at radius 2 is 2.06 bits per heavy atom. The third-order valence-electron chi connectivity index (χ3n) is 2.86. The molecule has 0 unspecified atom stereocenters. The van der Waals surface area contributed by atoms with Crippen LogP contribution in [0.4, 0.5) is 5.69 Å². The van der Waals surface area contributed by atoms with Gasteiger partial charge >= 0.3 is 0 Å². The monoisotopic (exact) mass is 309 g/mol. The van der Waals surface area contributed by atoms with Gasteiger partial charge in [-0.05, 0) is 41.4 Å². The molecule has 0 fully saturated rings. The van der Waals surface area contributed by atoms with Crippen LogP contribution in [0, 0.1) is 0 Å². The maximum absolute atomic E-state index is 11.9. The Kier molecular flexibility index (Phi) is 3.61. The molecule has 0 N–H and O–H groups in total. The Balaban J connectivity index is 2.24. The molecular weight excluding hydrogens is 298 g/mol. The van der Waals surface area contributed by atoms with Gasteiger partial charge in [0.25, 0.3) is 11.7 Å². The first-order valence-corrected chi connectivity index (χ1v) is 6.46. The lowest BCUT2D eigenvalue weighted by atomic mass is 10.1. The molecule has 0 radical (unpaired) electrons. The number of Topliss-reactive ketones (excluding diaryl/α,β-unsaturated/α-hetero) is 2. The van der Waals surface area contributed by atoms with E-state index >= 15 is 0 Å². The number of anilines is 1. The van der Waals surface area contributed by atoms with E-state index in [2.05, 4.69) is 15.9 Å². The first kappa shape index (κ1) is 13.0. The summed E-state index contributed by atoms with van der Waals surface area (Å²) in [6, 6.07) is 5.27. The highest BCUT2D eigenvalue weighted by molar-refractivity contribution is 9.10. The van der Waals surface area contributed by atoms with Gasteiger partial charge in [0, 0.05) is 17.4 Å². The van der Waals surface area contributed by atoms with Crippen LogP contribution in [-0.4, -0.2) is 24.0 Å². The molecule has 0 saturated carbocycles. The molecule has 0 atom stereocenters. The summed E-state index contributed by atoms with van der Waals surface area (Å²) in [6.07, 6.45) is 0.988. The molecule has 1 heterocycles. The largest absolute Gasteiger partial charge is 0.305 e. The molecule has 0 saturated heterocycles. The number of hydrogen-bond donors (Lipinski definition) is 0. The van der Waals surface area contributed by atoms with Gasteiger partial charge in [-0.15, -0.1) is 0 Å². The van der Waals surface area contributed by atoms with Crippen LogP contribution in [0.3, 0.4) is 0 Å². The quantitative estimate of drug-likeness (QED) is 0.802. The van der Waals surface area contributed by atoms with E-state index in [1.54, 1.807) is 18.2 Å². The molecule has 0 spiro atoms. The zero-order valence-corrected chi connectivity index (χ0v) is 11.5. The van der Waals surface area contributed by atoms with Crippen molar-refractivity contribution in [2.45, 2.75) is 19.8 Å². The summed E-state index contributed by atoms with van der Waals surface area (Å²) in [5, 5.41) is 0. The van der Waals surface area contributed by atoms with E-state index in [0.717, 1.165) is 0 Å². The SMILES string of the molecule is CC(=O)CCCN1C(=O)C(=O)c2c(Br)cccc21. The Morgan fingerprint density at radius 3 is 2.72 bits per heavy atom. The third-order valence-corrected chi connectivity index (χ3v) is 3.52. The molecule has 1 aliphatic rings. The average Bonchev–Trinajstić information content (AvgIpc) is 2.55. The second kappa shape index (κ2) is 5.02. The lowest BCUT2D eigenvalue weighted by Gasteiger charge is -2.15. The Labute approximate surface area is 113 Å². The first-order valence-electron chi connectivity index (χ1n) is 5.66. The number of carbonyl (C=O) groups excluding carboxylic acids is 3. The van der Waals surface area contributed by atoms with Gasteiger partial charge in [0.2, 0.25) is 0 Å². The highest BCUT2D eigenvalue weighted by Gasteiger charge is 2.36. The fourth-order valence-electron chi connectivity index (χ4n) is 2.01. The Bertz CT molecular complexity index is 539. The zero-order valence-electron chi connectivity index (χ0n) is 9.90. The minimum atomic E-state index is -0.513. The van der Waals surface area contributed by atoms with Gasteiger partial charge in [-0.1, -0.05) is 6.07 Å². The summed E-state index contributed by atoms with van der Waals surface area (Å²) in [5.74, 6) is -0.914. The molecule has 5 heteroatoms. The number of carbonyl (C=O) groups is 3. The predicted octanol–water partition coefficient (Wildman–Crippen LogP) is 2.35. The standard InChI is InChI=1S/C13H12BrNO3/c1-8(16)4-3-7-15-10-6-2-5-9(14)11(10)12(17)13(15)18/h2,5-6H,3-4,7H2,1H3. The van der Waals surface area contributed by atoms with Crippen LogP contribution in [0.15, 0.2) is 22.7 Å². The normalized spacial score (nSPS) is 14.0. The van der Waals surface area contributed by atoms with Gasteiger partial charge < -0.3 is 9.69 Å². The molecule has 0 aromatic heterocycles. The van der Waals surface area contributed by atoms with E-state index in [4.69, 9.17) is 0 Å². The van der Waals surface area contributed by atoms with E-state index < -0.39 is 11.7 Å². The number of halogens is 1. The summed E-state index contributed by atoms with van der Waals surface area (Å²) in [5.41, 5.74) is 1.05. The van der Waals surface area contributed by atoms with Crippen LogP contribution in [0.25, 0.3) is 0 Å². The second-order valence-corrected chi connectivity index (χ2v) is 5.08. The van der Waals surface area contributed by atoms with E-state index in [9.17, 15) is 14.4 Å². The van der Waals surface area contributed by atoms with Gasteiger partial charge in [-0.25, -0.2) is 0 Å². The van der Waals surface area contributed by atoms with Gasteiger partial charge in [0.15, 0.2) is 0 Å². The topological polar surface area (TPSA) is 54.5 Å². The van der Waals surface area contributed by atoms with Crippen molar-refractivity contribution >= 4 is 39.1 Å². The highest BCUT2D eigenvalue weighted by atomic mass is 79.9. The van der Waals surface area contributed by atoms with E-state index in [1.165, 1.54) is 11.8 Å². The number of rotatable bonds is 4. The minimum absolute atomic E-state index is 0.0856. The molecule has 1 aromatic rings. The van der Waals surface area contributed by atoms with Crippen LogP contribution in [0.1, 0.15) is 30.1 Å².